The maximum absolute atomic E-state index is 11.7. The van der Waals surface area contributed by atoms with Crippen LogP contribution in [0.5, 0.6) is 0 Å². The highest BCUT2D eigenvalue weighted by Gasteiger charge is 2.33. The first kappa shape index (κ1) is 15.6. The molecule has 0 aliphatic carbocycles. The van der Waals surface area contributed by atoms with E-state index in [1.165, 1.54) is 4.40 Å². The van der Waals surface area contributed by atoms with E-state index in [1.807, 2.05) is 48.2 Å². The van der Waals surface area contributed by atoms with Gasteiger partial charge in [0.25, 0.3) is 0 Å². The Bertz CT molecular complexity index is 909. The Morgan fingerprint density at radius 3 is 2.68 bits per heavy atom. The number of morpholine rings is 1. The first-order valence-corrected chi connectivity index (χ1v) is 8.20. The van der Waals surface area contributed by atoms with E-state index in [0.29, 0.717) is 24.6 Å². The van der Waals surface area contributed by atoms with E-state index in [2.05, 4.69) is 4.98 Å². The zero-order valence-electron chi connectivity index (χ0n) is 13.8. The molecule has 1 aliphatic heterocycles. The fraction of sp³-hybridized carbons (Fsp3) is 0.278. The third-order valence-electron chi connectivity index (χ3n) is 4.39. The van der Waals surface area contributed by atoms with Crippen LogP contribution < -0.4 is 4.90 Å². The number of benzene rings is 1. The summed E-state index contributed by atoms with van der Waals surface area (Å²) < 4.78 is 7.57. The first-order chi connectivity index (χ1) is 12.1. The highest BCUT2D eigenvalue weighted by molar-refractivity contribution is 5.64. The van der Waals surface area contributed by atoms with Gasteiger partial charge < -0.3 is 19.8 Å². The van der Waals surface area contributed by atoms with Crippen molar-refractivity contribution in [3.63, 3.8) is 0 Å². The largest absolute Gasteiger partial charge is 0.372 e. The van der Waals surface area contributed by atoms with Gasteiger partial charge in [-0.2, -0.15) is 9.38 Å². The van der Waals surface area contributed by atoms with E-state index in [0.717, 1.165) is 5.56 Å². The number of hydrogen-bond donors (Lipinski definition) is 0. The first-order valence-electron chi connectivity index (χ1n) is 8.20. The summed E-state index contributed by atoms with van der Waals surface area (Å²) in [5.41, 5.74) is 1.63. The molecule has 0 bridgehead atoms. The Balaban J connectivity index is 1.75. The van der Waals surface area contributed by atoms with Crippen LogP contribution in [0.15, 0.2) is 54.7 Å². The fourth-order valence-electron chi connectivity index (χ4n) is 3.33. The normalized spacial score (nSPS) is 20.8. The number of aromatic nitrogens is 2. The van der Waals surface area contributed by atoms with Crippen LogP contribution >= 0.6 is 0 Å². The van der Waals surface area contributed by atoms with Crippen molar-refractivity contribution in [1.29, 1.82) is 0 Å². The second-order valence-electron chi connectivity index (χ2n) is 6.20. The lowest BCUT2D eigenvalue weighted by Crippen LogP contribution is -2.43. The fourth-order valence-corrected chi connectivity index (χ4v) is 3.33. The molecule has 1 aromatic carbocycles. The molecular formula is C18H18N4O3. The van der Waals surface area contributed by atoms with Gasteiger partial charge in [-0.05, 0) is 23.5 Å². The summed E-state index contributed by atoms with van der Waals surface area (Å²) in [5, 5.41) is 11.7. The summed E-state index contributed by atoms with van der Waals surface area (Å²) in [6.45, 7) is 3.07. The highest BCUT2D eigenvalue weighted by atomic mass is 16.6. The average molecular weight is 338 g/mol. The van der Waals surface area contributed by atoms with Crippen LogP contribution in [-0.4, -0.2) is 33.5 Å². The van der Waals surface area contributed by atoms with Crippen molar-refractivity contribution in [2.24, 2.45) is 0 Å². The van der Waals surface area contributed by atoms with Crippen molar-refractivity contribution < 1.29 is 9.66 Å². The van der Waals surface area contributed by atoms with E-state index >= 15 is 0 Å². The number of hydrogen-bond acceptors (Lipinski definition) is 5. The second-order valence-corrected chi connectivity index (χ2v) is 6.20. The second kappa shape index (κ2) is 6.18. The number of fused-ring (bicyclic) bond motifs is 1. The molecule has 128 valence electrons. The predicted octanol–water partition coefficient (Wildman–Crippen LogP) is 3.21. The summed E-state index contributed by atoms with van der Waals surface area (Å²) in [4.78, 5) is 17.8. The molecular weight excluding hydrogens is 320 g/mol. The molecule has 1 fully saturated rings. The van der Waals surface area contributed by atoms with E-state index in [-0.39, 0.29) is 22.9 Å². The van der Waals surface area contributed by atoms with E-state index < -0.39 is 0 Å². The monoisotopic (exact) mass is 338 g/mol. The van der Waals surface area contributed by atoms with Gasteiger partial charge in [0.1, 0.15) is 6.10 Å². The summed E-state index contributed by atoms with van der Waals surface area (Å²) in [7, 11) is 0. The van der Waals surface area contributed by atoms with E-state index in [4.69, 9.17) is 4.74 Å². The van der Waals surface area contributed by atoms with Crippen molar-refractivity contribution in [1.82, 2.24) is 9.38 Å². The summed E-state index contributed by atoms with van der Waals surface area (Å²) in [5.74, 6) is 0.392. The van der Waals surface area contributed by atoms with Gasteiger partial charge in [-0.15, -0.1) is 0 Å². The van der Waals surface area contributed by atoms with Gasteiger partial charge in [0.15, 0.2) is 0 Å². The maximum atomic E-state index is 11.7. The SMILES string of the molecule is CC1CN(c2nc3ccccn3c2[N+](=O)[O-])CC(c2ccccc2)O1. The number of anilines is 1. The summed E-state index contributed by atoms with van der Waals surface area (Å²) in [6.07, 6.45) is 1.47. The molecule has 0 radical (unpaired) electrons. The molecule has 25 heavy (non-hydrogen) atoms. The number of ether oxygens (including phenoxy) is 1. The molecule has 1 aliphatic rings. The van der Waals surface area contributed by atoms with E-state index in [1.54, 1.807) is 18.3 Å². The molecule has 7 heteroatoms. The molecule has 0 amide bonds. The zero-order chi connectivity index (χ0) is 17.4. The number of pyridine rings is 1. The maximum Gasteiger partial charge on any atom is 0.372 e. The van der Waals surface area contributed by atoms with Gasteiger partial charge in [0, 0.05) is 12.6 Å². The van der Waals surface area contributed by atoms with Crippen LogP contribution in [0, 0.1) is 10.1 Å². The summed E-state index contributed by atoms with van der Waals surface area (Å²) in [6, 6.07) is 15.3. The Morgan fingerprint density at radius 2 is 1.92 bits per heavy atom. The molecule has 1 saturated heterocycles. The zero-order valence-corrected chi connectivity index (χ0v) is 13.8. The minimum absolute atomic E-state index is 0.00323. The quantitative estimate of drug-likeness (QED) is 0.541. The molecule has 4 rings (SSSR count). The minimum Gasteiger partial charge on any atom is -0.367 e. The van der Waals surface area contributed by atoms with Crippen molar-refractivity contribution in [2.45, 2.75) is 19.1 Å². The van der Waals surface area contributed by atoms with Gasteiger partial charge >= 0.3 is 5.82 Å². The van der Waals surface area contributed by atoms with Crippen molar-refractivity contribution in [3.05, 3.63) is 70.4 Å². The average Bonchev–Trinajstić information content (AvgIpc) is 3.02. The molecule has 2 atom stereocenters. The van der Waals surface area contributed by atoms with Crippen molar-refractivity contribution in [2.75, 3.05) is 18.0 Å². The van der Waals surface area contributed by atoms with Crippen LogP contribution in [-0.2, 0) is 4.74 Å². The van der Waals surface area contributed by atoms with Gasteiger partial charge in [-0.1, -0.05) is 36.4 Å². The number of nitrogens with zero attached hydrogens (tertiary/aromatic N) is 4. The molecule has 2 aromatic heterocycles. The van der Waals surface area contributed by atoms with Gasteiger partial charge in [0.05, 0.1) is 18.8 Å². The number of imidazole rings is 1. The lowest BCUT2D eigenvalue weighted by molar-refractivity contribution is -0.389. The predicted molar refractivity (Wildman–Crippen MR) is 93.8 cm³/mol. The smallest absolute Gasteiger partial charge is 0.367 e. The van der Waals surface area contributed by atoms with Crippen LogP contribution in [0.25, 0.3) is 5.65 Å². The molecule has 7 nitrogen and oxygen atoms in total. The topological polar surface area (TPSA) is 72.9 Å². The van der Waals surface area contributed by atoms with Crippen LogP contribution in [0.1, 0.15) is 18.6 Å². The Kier molecular flexibility index (Phi) is 3.85. The van der Waals surface area contributed by atoms with E-state index in [9.17, 15) is 10.1 Å². The molecule has 2 unspecified atom stereocenters. The van der Waals surface area contributed by atoms with Crippen LogP contribution in [0.2, 0.25) is 0 Å². The van der Waals surface area contributed by atoms with Gasteiger partial charge in [0.2, 0.25) is 11.5 Å². The lowest BCUT2D eigenvalue weighted by Gasteiger charge is -2.36. The molecule has 3 heterocycles. The Hall–Kier alpha value is -2.93. The Labute approximate surface area is 144 Å². The number of nitro groups is 1. The third-order valence-corrected chi connectivity index (χ3v) is 4.39. The van der Waals surface area contributed by atoms with Crippen LogP contribution in [0.3, 0.4) is 0 Å². The molecule has 3 aromatic rings. The Morgan fingerprint density at radius 1 is 1.16 bits per heavy atom. The molecule has 0 N–H and O–H groups in total. The molecule has 0 spiro atoms. The van der Waals surface area contributed by atoms with Crippen molar-refractivity contribution >= 4 is 17.3 Å². The molecule has 0 saturated carbocycles. The van der Waals surface area contributed by atoms with Crippen LogP contribution in [0.4, 0.5) is 11.6 Å². The lowest BCUT2D eigenvalue weighted by atomic mass is 10.1. The standard InChI is InChI=1S/C18H18N4O3/c1-13-11-20(12-15(25-13)14-7-3-2-4-8-14)17-18(22(23)24)21-10-6-5-9-16(21)19-17/h2-10,13,15H,11-12H2,1H3. The van der Waals surface area contributed by atoms with Crippen molar-refractivity contribution in [3.8, 4) is 0 Å². The minimum atomic E-state index is -0.368. The van der Waals surface area contributed by atoms with Gasteiger partial charge in [-0.3, -0.25) is 0 Å². The third kappa shape index (κ3) is 2.83. The summed E-state index contributed by atoms with van der Waals surface area (Å²) >= 11 is 0. The van der Waals surface area contributed by atoms with Gasteiger partial charge in [-0.25, -0.2) is 0 Å². The highest BCUT2D eigenvalue weighted by Crippen LogP contribution is 2.34. The number of rotatable bonds is 3.